The third-order valence-corrected chi connectivity index (χ3v) is 7.22. The second kappa shape index (κ2) is 8.50. The molecule has 1 amide bonds. The van der Waals surface area contributed by atoms with Gasteiger partial charge in [0.2, 0.25) is 10.0 Å². The van der Waals surface area contributed by atoms with Gasteiger partial charge >= 0.3 is 0 Å². The molecule has 26 heavy (non-hydrogen) atoms. The number of nitrogens with zero attached hydrogens (tertiary/aromatic N) is 3. The van der Waals surface area contributed by atoms with E-state index in [4.69, 9.17) is 0 Å². The zero-order valence-corrected chi connectivity index (χ0v) is 16.4. The minimum absolute atomic E-state index is 0.0106. The van der Waals surface area contributed by atoms with Gasteiger partial charge < -0.3 is 9.80 Å². The van der Waals surface area contributed by atoms with Crippen molar-refractivity contribution >= 4 is 15.9 Å². The Bertz CT molecular complexity index is 704. The Morgan fingerprint density at radius 3 is 2.12 bits per heavy atom. The van der Waals surface area contributed by atoms with E-state index < -0.39 is 10.0 Å². The smallest absolute Gasteiger partial charge is 0.253 e. The summed E-state index contributed by atoms with van der Waals surface area (Å²) in [6.07, 6.45) is 2.99. The molecule has 0 spiro atoms. The number of carbonyl (C=O) groups is 1. The monoisotopic (exact) mass is 379 g/mol. The maximum absolute atomic E-state index is 12.6. The maximum Gasteiger partial charge on any atom is 0.253 e. The zero-order chi connectivity index (χ0) is 18.6. The molecule has 2 aliphatic rings. The van der Waals surface area contributed by atoms with Gasteiger partial charge in [0.15, 0.2) is 0 Å². The van der Waals surface area contributed by atoms with Crippen molar-refractivity contribution in [3.8, 4) is 0 Å². The Kier molecular flexibility index (Phi) is 6.32. The van der Waals surface area contributed by atoms with E-state index in [1.807, 2.05) is 4.90 Å². The lowest BCUT2D eigenvalue weighted by Gasteiger charge is -2.34. The quantitative estimate of drug-likeness (QED) is 0.782. The summed E-state index contributed by atoms with van der Waals surface area (Å²) in [5, 5.41) is 0. The first-order chi connectivity index (χ1) is 12.5. The standard InChI is InChI=1S/C19H29N3O3S/c1-2-20-12-14-21(15-13-20)19(23)18-8-6-17(7-9-18)16-26(24,25)22-10-4-3-5-11-22/h6-9H,2-5,10-16H2,1H3. The van der Waals surface area contributed by atoms with E-state index >= 15 is 0 Å². The second-order valence-corrected chi connectivity index (χ2v) is 9.11. The van der Waals surface area contributed by atoms with Crippen LogP contribution in [0.15, 0.2) is 24.3 Å². The molecule has 0 aliphatic carbocycles. The fourth-order valence-corrected chi connectivity index (χ4v) is 5.25. The van der Waals surface area contributed by atoms with Gasteiger partial charge in [-0.25, -0.2) is 12.7 Å². The fourth-order valence-electron chi connectivity index (χ4n) is 3.64. The van der Waals surface area contributed by atoms with Gasteiger partial charge in [-0.3, -0.25) is 4.79 Å². The van der Waals surface area contributed by atoms with E-state index in [-0.39, 0.29) is 11.7 Å². The Labute approximate surface area is 156 Å². The molecule has 144 valence electrons. The molecule has 2 fully saturated rings. The third-order valence-electron chi connectivity index (χ3n) is 5.37. The highest BCUT2D eigenvalue weighted by atomic mass is 32.2. The Hall–Kier alpha value is -1.44. The average Bonchev–Trinajstić information content (AvgIpc) is 2.68. The molecule has 0 atom stereocenters. The van der Waals surface area contributed by atoms with E-state index in [9.17, 15) is 13.2 Å². The number of piperazine rings is 1. The van der Waals surface area contributed by atoms with Crippen molar-refractivity contribution in [3.63, 3.8) is 0 Å². The topological polar surface area (TPSA) is 60.9 Å². The van der Waals surface area contributed by atoms with Crippen molar-refractivity contribution in [1.82, 2.24) is 14.1 Å². The Balaban J connectivity index is 1.60. The molecule has 0 unspecified atom stereocenters. The number of hydrogen-bond donors (Lipinski definition) is 0. The average molecular weight is 380 g/mol. The van der Waals surface area contributed by atoms with E-state index in [1.165, 1.54) is 0 Å². The first-order valence-corrected chi connectivity index (χ1v) is 11.2. The van der Waals surface area contributed by atoms with Crippen molar-refractivity contribution in [1.29, 1.82) is 0 Å². The van der Waals surface area contributed by atoms with E-state index in [0.29, 0.717) is 18.7 Å². The molecular formula is C19H29N3O3S. The number of carbonyl (C=O) groups excluding carboxylic acids is 1. The molecule has 0 bridgehead atoms. The molecule has 6 nitrogen and oxygen atoms in total. The largest absolute Gasteiger partial charge is 0.336 e. The van der Waals surface area contributed by atoms with Crippen molar-refractivity contribution in [2.24, 2.45) is 0 Å². The zero-order valence-electron chi connectivity index (χ0n) is 15.6. The third kappa shape index (κ3) is 4.64. The number of rotatable bonds is 5. The minimum atomic E-state index is -3.27. The molecule has 1 aromatic carbocycles. The number of hydrogen-bond acceptors (Lipinski definition) is 4. The van der Waals surface area contributed by atoms with Crippen molar-refractivity contribution in [2.45, 2.75) is 31.9 Å². The lowest BCUT2D eigenvalue weighted by Crippen LogP contribution is -2.48. The first-order valence-electron chi connectivity index (χ1n) is 9.58. The molecule has 2 heterocycles. The molecule has 0 saturated carbocycles. The summed E-state index contributed by atoms with van der Waals surface area (Å²) in [6, 6.07) is 7.07. The summed E-state index contributed by atoms with van der Waals surface area (Å²) in [5.74, 6) is 0.0441. The number of likely N-dealkylation sites (N-methyl/N-ethyl adjacent to an activating group) is 1. The van der Waals surface area contributed by atoms with Gasteiger partial charge in [0.1, 0.15) is 0 Å². The van der Waals surface area contributed by atoms with Crippen LogP contribution in [0.25, 0.3) is 0 Å². The molecule has 2 saturated heterocycles. The van der Waals surface area contributed by atoms with Crippen LogP contribution in [0.5, 0.6) is 0 Å². The molecule has 0 N–H and O–H groups in total. The number of amides is 1. The summed E-state index contributed by atoms with van der Waals surface area (Å²) < 4.78 is 26.7. The van der Waals surface area contributed by atoms with E-state index in [0.717, 1.165) is 57.5 Å². The van der Waals surface area contributed by atoms with E-state index in [1.54, 1.807) is 28.6 Å². The van der Waals surface area contributed by atoms with Gasteiger partial charge in [0.25, 0.3) is 5.91 Å². The first kappa shape index (κ1) is 19.3. The van der Waals surface area contributed by atoms with Crippen molar-refractivity contribution < 1.29 is 13.2 Å². The Morgan fingerprint density at radius 1 is 0.923 bits per heavy atom. The van der Waals surface area contributed by atoms with Crippen molar-refractivity contribution in [2.75, 3.05) is 45.8 Å². The number of piperidine rings is 1. The van der Waals surface area contributed by atoms with Crippen LogP contribution in [0.2, 0.25) is 0 Å². The van der Waals surface area contributed by atoms with Crippen molar-refractivity contribution in [3.05, 3.63) is 35.4 Å². The van der Waals surface area contributed by atoms with Crippen LogP contribution >= 0.6 is 0 Å². The predicted octanol–water partition coefficient (Wildman–Crippen LogP) is 1.78. The highest BCUT2D eigenvalue weighted by Crippen LogP contribution is 2.18. The molecule has 0 aromatic heterocycles. The molecule has 0 radical (unpaired) electrons. The van der Waals surface area contributed by atoms with Gasteiger partial charge in [0.05, 0.1) is 5.75 Å². The van der Waals surface area contributed by atoms with Gasteiger partial charge in [0, 0.05) is 44.8 Å². The molecule has 3 rings (SSSR count). The summed E-state index contributed by atoms with van der Waals surface area (Å²) in [6.45, 7) is 7.72. The maximum atomic E-state index is 12.6. The normalized spacial score (nSPS) is 20.3. The molecule has 1 aromatic rings. The van der Waals surface area contributed by atoms with Crippen LogP contribution in [-0.4, -0.2) is 74.2 Å². The highest BCUT2D eigenvalue weighted by Gasteiger charge is 2.25. The molecule has 7 heteroatoms. The minimum Gasteiger partial charge on any atom is -0.336 e. The van der Waals surface area contributed by atoms with Gasteiger partial charge in [-0.15, -0.1) is 0 Å². The SMILES string of the molecule is CCN1CCN(C(=O)c2ccc(CS(=O)(=O)N3CCCCC3)cc2)CC1. The van der Waals surface area contributed by atoms with Crippen LogP contribution in [0.1, 0.15) is 42.1 Å². The van der Waals surface area contributed by atoms with Gasteiger partial charge in [-0.05, 0) is 37.1 Å². The van der Waals surface area contributed by atoms with E-state index in [2.05, 4.69) is 11.8 Å². The molecule has 2 aliphatic heterocycles. The second-order valence-electron chi connectivity index (χ2n) is 7.14. The summed E-state index contributed by atoms with van der Waals surface area (Å²) in [5.41, 5.74) is 1.37. The molecular weight excluding hydrogens is 350 g/mol. The number of sulfonamides is 1. The summed E-state index contributed by atoms with van der Waals surface area (Å²) >= 11 is 0. The van der Waals surface area contributed by atoms with Crippen LogP contribution in [-0.2, 0) is 15.8 Å². The summed E-state index contributed by atoms with van der Waals surface area (Å²) in [4.78, 5) is 16.8. The number of benzene rings is 1. The van der Waals surface area contributed by atoms with Crippen LogP contribution < -0.4 is 0 Å². The van der Waals surface area contributed by atoms with Gasteiger partial charge in [-0.1, -0.05) is 25.5 Å². The lowest BCUT2D eigenvalue weighted by atomic mass is 10.1. The fraction of sp³-hybridized carbons (Fsp3) is 0.632. The lowest BCUT2D eigenvalue weighted by molar-refractivity contribution is 0.0643. The highest BCUT2D eigenvalue weighted by molar-refractivity contribution is 7.88. The summed E-state index contributed by atoms with van der Waals surface area (Å²) in [7, 11) is -3.27. The van der Waals surface area contributed by atoms with Crippen LogP contribution in [0, 0.1) is 0 Å². The predicted molar refractivity (Wildman–Crippen MR) is 103 cm³/mol. The Morgan fingerprint density at radius 2 is 1.54 bits per heavy atom. The van der Waals surface area contributed by atoms with Crippen LogP contribution in [0.3, 0.4) is 0 Å². The van der Waals surface area contributed by atoms with Crippen LogP contribution in [0.4, 0.5) is 0 Å². The van der Waals surface area contributed by atoms with Gasteiger partial charge in [-0.2, -0.15) is 0 Å².